The van der Waals surface area contributed by atoms with Gasteiger partial charge >= 0.3 is 5.97 Å². The maximum Gasteiger partial charge on any atom is 0.332 e. The van der Waals surface area contributed by atoms with Gasteiger partial charge in [0.25, 0.3) is 0 Å². The van der Waals surface area contributed by atoms with Gasteiger partial charge < -0.3 is 9.47 Å². The van der Waals surface area contributed by atoms with Gasteiger partial charge in [-0.2, -0.15) is 0 Å². The van der Waals surface area contributed by atoms with E-state index in [-0.39, 0.29) is 35.4 Å². The van der Waals surface area contributed by atoms with Crippen LogP contribution in [-0.4, -0.2) is 30.1 Å². The van der Waals surface area contributed by atoms with E-state index >= 15 is 0 Å². The molecule has 4 rings (SSSR count). The van der Waals surface area contributed by atoms with Crippen LogP contribution in [0.5, 0.6) is 0 Å². The third kappa shape index (κ3) is 4.14. The zero-order valence-corrected chi connectivity index (χ0v) is 20.5. The second-order valence-electron chi connectivity index (χ2n) is 12.3. The van der Waals surface area contributed by atoms with Crippen molar-refractivity contribution < 1.29 is 19.1 Å². The van der Waals surface area contributed by atoms with Crippen LogP contribution in [0.1, 0.15) is 92.9 Å². The molecule has 7 unspecified atom stereocenters. The van der Waals surface area contributed by atoms with Crippen molar-refractivity contribution in [2.45, 2.75) is 105 Å². The lowest BCUT2D eigenvalue weighted by atomic mass is 9.47. The van der Waals surface area contributed by atoms with E-state index in [4.69, 9.17) is 9.47 Å². The molecule has 0 bridgehead atoms. The molecule has 0 spiro atoms. The van der Waals surface area contributed by atoms with Gasteiger partial charge in [0.2, 0.25) is 0 Å². The lowest BCUT2D eigenvalue weighted by molar-refractivity contribution is -0.163. The monoisotopic (exact) mass is 430 g/mol. The van der Waals surface area contributed by atoms with Gasteiger partial charge in [0, 0.05) is 5.92 Å². The molecule has 31 heavy (non-hydrogen) atoms. The summed E-state index contributed by atoms with van der Waals surface area (Å²) in [5, 5.41) is 0. The second-order valence-corrected chi connectivity index (χ2v) is 12.3. The third-order valence-electron chi connectivity index (χ3n) is 9.41. The van der Waals surface area contributed by atoms with Gasteiger partial charge in [-0.25, -0.2) is 4.79 Å². The molecule has 3 saturated carbocycles. The van der Waals surface area contributed by atoms with Crippen LogP contribution in [-0.2, 0) is 19.1 Å². The average Bonchev–Trinajstić information content (AvgIpc) is 3.02. The molecule has 0 heterocycles. The van der Waals surface area contributed by atoms with E-state index in [2.05, 4.69) is 19.9 Å². The first-order chi connectivity index (χ1) is 14.4. The smallest absolute Gasteiger partial charge is 0.332 e. The van der Waals surface area contributed by atoms with Gasteiger partial charge in [0.1, 0.15) is 18.0 Å². The quantitative estimate of drug-likeness (QED) is 0.413. The Bertz CT molecular complexity index is 762. The van der Waals surface area contributed by atoms with Crippen LogP contribution < -0.4 is 0 Å². The Labute approximate surface area is 188 Å². The maximum atomic E-state index is 12.3. The maximum absolute atomic E-state index is 12.3. The van der Waals surface area contributed by atoms with Gasteiger partial charge in [-0.3, -0.25) is 4.79 Å². The lowest BCUT2D eigenvalue weighted by Crippen LogP contribution is -2.51. The first-order valence-electron chi connectivity index (χ1n) is 12.5. The molecule has 174 valence electrons. The SMILES string of the molecule is CC(=O)C1CCC2C3CC=C4CC(OCC(=O)OC(C)(C)C)CCC4(C)C3CCC12C. The number of rotatable bonds is 4. The third-order valence-corrected chi connectivity index (χ3v) is 9.41. The van der Waals surface area contributed by atoms with Crippen LogP contribution >= 0.6 is 0 Å². The molecule has 0 radical (unpaired) electrons. The standard InChI is InChI=1S/C27H42O4/c1-17(28)21-9-10-22-20-8-7-18-15-19(30-16-24(29)31-25(2,3)4)11-13-26(18,5)23(20)12-14-27(21,22)6/h7,19-23H,8-16H2,1-6H3. The molecule has 0 saturated heterocycles. The molecule has 0 amide bonds. The molecule has 0 aromatic heterocycles. The number of ether oxygens (including phenoxy) is 2. The summed E-state index contributed by atoms with van der Waals surface area (Å²) >= 11 is 0. The lowest BCUT2D eigenvalue weighted by Gasteiger charge is -2.58. The Balaban J connectivity index is 1.43. The van der Waals surface area contributed by atoms with E-state index in [0.29, 0.717) is 11.7 Å². The molecule has 3 fully saturated rings. The Hall–Kier alpha value is -1.16. The topological polar surface area (TPSA) is 52.6 Å². The van der Waals surface area contributed by atoms with E-state index in [1.54, 1.807) is 5.57 Å². The summed E-state index contributed by atoms with van der Waals surface area (Å²) in [6.07, 6.45) is 11.6. The van der Waals surface area contributed by atoms with Crippen molar-refractivity contribution in [3.05, 3.63) is 11.6 Å². The van der Waals surface area contributed by atoms with Crippen LogP contribution in [0.3, 0.4) is 0 Å². The highest BCUT2D eigenvalue weighted by Gasteiger charge is 2.59. The summed E-state index contributed by atoms with van der Waals surface area (Å²) in [6, 6.07) is 0. The molecule has 7 atom stereocenters. The van der Waals surface area contributed by atoms with Crippen molar-refractivity contribution in [2.24, 2.45) is 34.5 Å². The minimum absolute atomic E-state index is 0.0465. The molecule has 0 aromatic carbocycles. The largest absolute Gasteiger partial charge is 0.458 e. The van der Waals surface area contributed by atoms with Gasteiger partial charge in [0.05, 0.1) is 6.10 Å². The van der Waals surface area contributed by atoms with Crippen molar-refractivity contribution >= 4 is 11.8 Å². The van der Waals surface area contributed by atoms with Crippen molar-refractivity contribution in [1.29, 1.82) is 0 Å². The van der Waals surface area contributed by atoms with Crippen molar-refractivity contribution in [2.75, 3.05) is 6.61 Å². The minimum Gasteiger partial charge on any atom is -0.458 e. The summed E-state index contributed by atoms with van der Waals surface area (Å²) in [5.74, 6) is 2.54. The van der Waals surface area contributed by atoms with E-state index < -0.39 is 5.60 Å². The molecule has 4 aliphatic rings. The predicted molar refractivity (Wildman–Crippen MR) is 121 cm³/mol. The number of carbonyl (C=O) groups excluding carboxylic acids is 2. The number of carbonyl (C=O) groups is 2. The Morgan fingerprint density at radius 3 is 2.48 bits per heavy atom. The highest BCUT2D eigenvalue weighted by Crippen LogP contribution is 2.66. The van der Waals surface area contributed by atoms with Gasteiger partial charge in [0.15, 0.2) is 0 Å². The van der Waals surface area contributed by atoms with Crippen molar-refractivity contribution in [3.63, 3.8) is 0 Å². The highest BCUT2D eigenvalue weighted by molar-refractivity contribution is 5.79. The molecule has 4 nitrogen and oxygen atoms in total. The first kappa shape index (κ1) is 23.0. The van der Waals surface area contributed by atoms with E-state index in [1.807, 2.05) is 27.7 Å². The minimum atomic E-state index is -0.469. The first-order valence-corrected chi connectivity index (χ1v) is 12.5. The van der Waals surface area contributed by atoms with Crippen LogP contribution in [0.2, 0.25) is 0 Å². The molecule has 4 heteroatoms. The Morgan fingerprint density at radius 2 is 1.81 bits per heavy atom. The average molecular weight is 431 g/mol. The van der Waals surface area contributed by atoms with Crippen molar-refractivity contribution in [1.82, 2.24) is 0 Å². The number of fused-ring (bicyclic) bond motifs is 5. The van der Waals surface area contributed by atoms with Crippen LogP contribution in [0.4, 0.5) is 0 Å². The highest BCUT2D eigenvalue weighted by atomic mass is 16.6. The fraction of sp³-hybridized carbons (Fsp3) is 0.852. The van der Waals surface area contributed by atoms with Gasteiger partial charge in [-0.1, -0.05) is 25.5 Å². The second kappa shape index (κ2) is 8.01. The summed E-state index contributed by atoms with van der Waals surface area (Å²) in [6.45, 7) is 12.4. The summed E-state index contributed by atoms with van der Waals surface area (Å²) in [7, 11) is 0. The zero-order chi connectivity index (χ0) is 22.6. The fourth-order valence-corrected chi connectivity index (χ4v) is 7.99. The molecule has 0 N–H and O–H groups in total. The molecular weight excluding hydrogens is 388 g/mol. The number of Topliss-reactive ketones (excluding diaryl/α,β-unsaturated/α-hetero) is 1. The number of allylic oxidation sites excluding steroid dienone is 1. The van der Waals surface area contributed by atoms with E-state index in [9.17, 15) is 9.59 Å². The Kier molecular flexibility index (Phi) is 5.94. The van der Waals surface area contributed by atoms with E-state index in [1.165, 1.54) is 19.3 Å². The van der Waals surface area contributed by atoms with Gasteiger partial charge in [-0.15, -0.1) is 0 Å². The van der Waals surface area contributed by atoms with Crippen LogP contribution in [0.25, 0.3) is 0 Å². The summed E-state index contributed by atoms with van der Waals surface area (Å²) in [4.78, 5) is 24.4. The molecular formula is C27H42O4. The predicted octanol–water partition coefficient (Wildman–Crippen LogP) is 5.88. The van der Waals surface area contributed by atoms with Crippen molar-refractivity contribution in [3.8, 4) is 0 Å². The fourth-order valence-electron chi connectivity index (χ4n) is 7.99. The summed E-state index contributed by atoms with van der Waals surface area (Å²) < 4.78 is 11.4. The summed E-state index contributed by atoms with van der Waals surface area (Å²) in [5.41, 5.74) is 1.55. The van der Waals surface area contributed by atoms with Gasteiger partial charge in [-0.05, 0) is 108 Å². The normalized spacial score (nSPS) is 42.1. The molecule has 0 aromatic rings. The number of hydrogen-bond acceptors (Lipinski definition) is 4. The van der Waals surface area contributed by atoms with Crippen LogP contribution in [0.15, 0.2) is 11.6 Å². The zero-order valence-electron chi connectivity index (χ0n) is 20.5. The number of esters is 1. The number of ketones is 1. The molecule has 4 aliphatic carbocycles. The Morgan fingerprint density at radius 1 is 1.06 bits per heavy atom. The molecule has 0 aliphatic heterocycles. The van der Waals surface area contributed by atoms with Crippen LogP contribution in [0, 0.1) is 34.5 Å². The number of hydrogen-bond donors (Lipinski definition) is 0. The van der Waals surface area contributed by atoms with E-state index in [0.717, 1.165) is 43.9 Å².